The first-order chi connectivity index (χ1) is 23.0. The van der Waals surface area contributed by atoms with Crippen molar-refractivity contribution >= 4 is 30.0 Å². The van der Waals surface area contributed by atoms with Crippen molar-refractivity contribution in [1.82, 2.24) is 15.8 Å². The Morgan fingerprint density at radius 3 is 1.96 bits per heavy atom. The molecule has 3 N–H and O–H groups in total. The normalized spacial score (nSPS) is 14.2. The predicted molar refractivity (Wildman–Crippen MR) is 187 cm³/mol. The first-order valence-corrected chi connectivity index (χ1v) is 16.6. The highest BCUT2D eigenvalue weighted by molar-refractivity contribution is 5.90. The summed E-state index contributed by atoms with van der Waals surface area (Å²) in [4.78, 5) is 52.7. The highest BCUT2D eigenvalue weighted by Crippen LogP contribution is 2.44. The van der Waals surface area contributed by atoms with Gasteiger partial charge in [-0.3, -0.25) is 24.8 Å². The number of hydrogen-bond acceptors (Lipinski definition) is 5. The van der Waals surface area contributed by atoms with E-state index in [4.69, 9.17) is 4.74 Å². The van der Waals surface area contributed by atoms with E-state index in [1.54, 1.807) is 6.08 Å². The Bertz CT molecular complexity index is 1560. The van der Waals surface area contributed by atoms with Gasteiger partial charge in [-0.05, 0) is 59.4 Å². The Hall–Kier alpha value is -4.92. The van der Waals surface area contributed by atoms with E-state index in [2.05, 4.69) is 22.9 Å². The zero-order valence-corrected chi connectivity index (χ0v) is 28.4. The topological polar surface area (TPSA) is 125 Å². The van der Waals surface area contributed by atoms with Gasteiger partial charge in [0.2, 0.25) is 5.91 Å². The zero-order valence-electron chi connectivity index (χ0n) is 28.4. The molecule has 0 saturated carbocycles. The van der Waals surface area contributed by atoms with Gasteiger partial charge in [-0.2, -0.15) is 0 Å². The van der Waals surface area contributed by atoms with Crippen LogP contribution in [0.2, 0.25) is 0 Å². The summed E-state index contributed by atoms with van der Waals surface area (Å²) >= 11 is 0. The summed E-state index contributed by atoms with van der Waals surface area (Å²) in [5, 5.41) is 14.0. The van der Waals surface area contributed by atoms with Crippen LogP contribution in [0.5, 0.6) is 0 Å². The number of nitrogens with one attached hydrogen (secondary N) is 2. The lowest BCUT2D eigenvalue weighted by molar-refractivity contribution is -0.151. The van der Waals surface area contributed by atoms with E-state index < -0.39 is 41.8 Å². The Labute approximate surface area is 283 Å². The van der Waals surface area contributed by atoms with Gasteiger partial charge < -0.3 is 15.2 Å². The van der Waals surface area contributed by atoms with Crippen molar-refractivity contribution < 1.29 is 29.0 Å². The lowest BCUT2D eigenvalue weighted by Crippen LogP contribution is -2.56. The minimum absolute atomic E-state index is 0.0245. The molecular weight excluding hydrogens is 606 g/mol. The van der Waals surface area contributed by atoms with Crippen LogP contribution in [-0.2, 0) is 19.1 Å². The molecule has 0 aromatic heterocycles. The molecular formula is C39H47N3O6. The molecule has 0 aliphatic heterocycles. The number of carboxylic acid groups (broad SMARTS) is 1. The van der Waals surface area contributed by atoms with Crippen LogP contribution >= 0.6 is 0 Å². The summed E-state index contributed by atoms with van der Waals surface area (Å²) in [6, 6.07) is 24.6. The predicted octanol–water partition coefficient (Wildman–Crippen LogP) is 6.90. The van der Waals surface area contributed by atoms with Gasteiger partial charge in [0.1, 0.15) is 12.6 Å². The van der Waals surface area contributed by atoms with Crippen LogP contribution in [-0.4, -0.2) is 53.2 Å². The second-order valence-electron chi connectivity index (χ2n) is 13.2. The molecule has 4 rings (SSSR count). The lowest BCUT2D eigenvalue weighted by atomic mass is 9.82. The van der Waals surface area contributed by atoms with Gasteiger partial charge >= 0.3 is 12.1 Å². The Morgan fingerprint density at radius 1 is 0.812 bits per heavy atom. The highest BCUT2D eigenvalue weighted by atomic mass is 16.5. The fourth-order valence-electron chi connectivity index (χ4n) is 6.20. The molecule has 0 spiro atoms. The maximum Gasteiger partial charge on any atom is 0.407 e. The summed E-state index contributed by atoms with van der Waals surface area (Å²) in [7, 11) is 0. The number of ether oxygens (including phenoxy) is 1. The van der Waals surface area contributed by atoms with Crippen molar-refractivity contribution in [2.24, 2.45) is 23.7 Å². The molecule has 3 atom stereocenters. The standard InChI is InChI=1S/C39H47N3O6/c1-25(2)22-34(33(38(45)46)21-13-16-28-14-7-6-8-15-28)36(43)41-42(23-26(3)4)37(44)27(5)40-39(47)48-24-35-31-19-11-9-17-29(31)30-18-10-12-20-32(30)35/h6-20,25-27,33-35H,21-24H2,1-5H3,(H,40,47)(H,41,43)(H,45,46)/b16-13+/t27-,33+,34-/m1/s1. The van der Waals surface area contributed by atoms with Crippen molar-refractivity contribution in [2.75, 3.05) is 13.2 Å². The van der Waals surface area contributed by atoms with Crippen molar-refractivity contribution in [3.63, 3.8) is 0 Å². The summed E-state index contributed by atoms with van der Waals surface area (Å²) in [5.41, 5.74) is 8.02. The van der Waals surface area contributed by atoms with Gasteiger partial charge in [0, 0.05) is 12.5 Å². The van der Waals surface area contributed by atoms with Gasteiger partial charge in [0.25, 0.3) is 5.91 Å². The van der Waals surface area contributed by atoms with Crippen molar-refractivity contribution in [3.05, 3.63) is 102 Å². The molecule has 0 unspecified atom stereocenters. The number of carbonyl (C=O) groups is 4. The van der Waals surface area contributed by atoms with Crippen LogP contribution in [0.3, 0.4) is 0 Å². The van der Waals surface area contributed by atoms with E-state index in [1.807, 2.05) is 101 Å². The number of carboxylic acids is 1. The van der Waals surface area contributed by atoms with Gasteiger partial charge in [-0.25, -0.2) is 4.79 Å². The van der Waals surface area contributed by atoms with Crippen molar-refractivity contribution in [2.45, 2.75) is 59.4 Å². The second-order valence-corrected chi connectivity index (χ2v) is 13.2. The number of benzene rings is 3. The number of hydrazine groups is 1. The third-order valence-corrected chi connectivity index (χ3v) is 8.47. The molecule has 3 aromatic carbocycles. The maximum absolute atomic E-state index is 13.7. The smallest absolute Gasteiger partial charge is 0.407 e. The number of alkyl carbamates (subject to hydrolysis) is 1. The van der Waals surface area contributed by atoms with Crippen LogP contribution in [0.15, 0.2) is 84.9 Å². The van der Waals surface area contributed by atoms with Crippen LogP contribution in [0, 0.1) is 23.7 Å². The lowest BCUT2D eigenvalue weighted by Gasteiger charge is -2.31. The van der Waals surface area contributed by atoms with Crippen LogP contribution in [0.25, 0.3) is 17.2 Å². The molecule has 9 heteroatoms. The summed E-state index contributed by atoms with van der Waals surface area (Å²) in [6.07, 6.45) is 3.33. The monoisotopic (exact) mass is 653 g/mol. The summed E-state index contributed by atoms with van der Waals surface area (Å²) < 4.78 is 5.63. The molecule has 0 radical (unpaired) electrons. The highest BCUT2D eigenvalue weighted by Gasteiger charge is 2.36. The van der Waals surface area contributed by atoms with E-state index in [9.17, 15) is 24.3 Å². The van der Waals surface area contributed by atoms with Crippen molar-refractivity contribution in [1.29, 1.82) is 0 Å². The Balaban J connectivity index is 1.41. The molecule has 1 aliphatic rings. The summed E-state index contributed by atoms with van der Waals surface area (Å²) in [5.74, 6) is -4.19. The number of carbonyl (C=O) groups excluding carboxylic acids is 3. The van der Waals surface area contributed by atoms with E-state index in [-0.39, 0.29) is 37.3 Å². The Morgan fingerprint density at radius 2 is 1.40 bits per heavy atom. The molecule has 9 nitrogen and oxygen atoms in total. The largest absolute Gasteiger partial charge is 0.481 e. The van der Waals surface area contributed by atoms with Crippen LogP contribution in [0.1, 0.15) is 70.1 Å². The number of amides is 3. The number of aliphatic carboxylic acids is 1. The third kappa shape index (κ3) is 9.33. The molecule has 48 heavy (non-hydrogen) atoms. The quantitative estimate of drug-likeness (QED) is 0.163. The first kappa shape index (κ1) is 35.9. The molecule has 0 bridgehead atoms. The number of allylic oxidation sites excluding steroid dienone is 1. The molecule has 3 aromatic rings. The summed E-state index contributed by atoms with van der Waals surface area (Å²) in [6.45, 7) is 9.45. The van der Waals surface area contributed by atoms with Crippen molar-refractivity contribution in [3.8, 4) is 11.1 Å². The second kappa shape index (κ2) is 16.8. The Kier molecular flexibility index (Phi) is 12.5. The van der Waals surface area contributed by atoms with Gasteiger partial charge in [0.15, 0.2) is 0 Å². The fourth-order valence-corrected chi connectivity index (χ4v) is 6.20. The molecule has 0 saturated heterocycles. The zero-order chi connectivity index (χ0) is 34.8. The molecule has 1 aliphatic carbocycles. The molecule has 0 heterocycles. The van der Waals surface area contributed by atoms with Gasteiger partial charge in [0.05, 0.1) is 11.8 Å². The molecule has 254 valence electrons. The average Bonchev–Trinajstić information content (AvgIpc) is 3.37. The van der Waals surface area contributed by atoms with Crippen LogP contribution in [0.4, 0.5) is 4.79 Å². The van der Waals surface area contributed by atoms with E-state index in [1.165, 1.54) is 11.9 Å². The molecule has 3 amide bonds. The average molecular weight is 654 g/mol. The van der Waals surface area contributed by atoms with Gasteiger partial charge in [-0.1, -0.05) is 119 Å². The first-order valence-electron chi connectivity index (χ1n) is 16.6. The van der Waals surface area contributed by atoms with Gasteiger partial charge in [-0.15, -0.1) is 0 Å². The number of nitrogens with zero attached hydrogens (tertiary/aromatic N) is 1. The number of rotatable bonds is 14. The maximum atomic E-state index is 13.7. The van der Waals surface area contributed by atoms with E-state index in [0.29, 0.717) is 6.42 Å². The third-order valence-electron chi connectivity index (χ3n) is 8.47. The van der Waals surface area contributed by atoms with E-state index in [0.717, 1.165) is 27.8 Å². The minimum Gasteiger partial charge on any atom is -0.481 e. The molecule has 0 fully saturated rings. The number of fused-ring (bicyclic) bond motifs is 3. The number of hydrogen-bond donors (Lipinski definition) is 3. The fraction of sp³-hybridized carbons (Fsp3) is 0.385. The SMILES string of the molecule is CC(C)C[C@@H](C(=O)NN(CC(C)C)C(=O)[C@@H](C)NC(=O)OCC1c2ccccc2-c2ccccc21)[C@H](C/C=C/c1ccccc1)C(=O)O. The van der Waals surface area contributed by atoms with E-state index >= 15 is 0 Å². The minimum atomic E-state index is -1.08. The van der Waals surface area contributed by atoms with Crippen LogP contribution < -0.4 is 10.7 Å².